The first-order valence-corrected chi connectivity index (χ1v) is 7.71. The number of amides is 1. The molecule has 5 nitrogen and oxygen atoms in total. The van der Waals surface area contributed by atoms with E-state index in [-0.39, 0.29) is 18.6 Å². The molecule has 2 heterocycles. The highest BCUT2D eigenvalue weighted by atomic mass is 16.7. The van der Waals surface area contributed by atoms with E-state index in [0.29, 0.717) is 24.5 Å². The summed E-state index contributed by atoms with van der Waals surface area (Å²) in [6.45, 7) is 0.880. The van der Waals surface area contributed by atoms with Gasteiger partial charge in [0.15, 0.2) is 11.5 Å². The molecular formula is C18H17NO4. The van der Waals surface area contributed by atoms with E-state index in [0.717, 1.165) is 23.4 Å². The Morgan fingerprint density at radius 1 is 1.04 bits per heavy atom. The average molecular weight is 311 g/mol. The highest BCUT2D eigenvalue weighted by Gasteiger charge is 2.23. The predicted octanol–water partition coefficient (Wildman–Crippen LogP) is 3.31. The number of carbonyl (C=O) groups excluding carboxylic acids is 1. The zero-order chi connectivity index (χ0) is 15.6. The van der Waals surface area contributed by atoms with Crippen molar-refractivity contribution in [1.29, 1.82) is 0 Å². The molecule has 0 aromatic heterocycles. The summed E-state index contributed by atoms with van der Waals surface area (Å²) >= 11 is 0. The number of rotatable bonds is 3. The van der Waals surface area contributed by atoms with Crippen molar-refractivity contribution in [2.24, 2.45) is 0 Å². The van der Waals surface area contributed by atoms with Gasteiger partial charge in [-0.1, -0.05) is 18.2 Å². The summed E-state index contributed by atoms with van der Waals surface area (Å²) in [7, 11) is 0. The zero-order valence-corrected chi connectivity index (χ0v) is 12.6. The summed E-state index contributed by atoms with van der Waals surface area (Å²) in [5, 5.41) is 2.93. The number of carbonyl (C=O) groups is 1. The van der Waals surface area contributed by atoms with Crippen molar-refractivity contribution >= 4 is 11.6 Å². The molecular weight excluding hydrogens is 294 g/mol. The van der Waals surface area contributed by atoms with Crippen molar-refractivity contribution in [2.75, 3.05) is 18.7 Å². The van der Waals surface area contributed by atoms with Gasteiger partial charge in [0.1, 0.15) is 5.75 Å². The SMILES string of the molecule is O=C(CC1CCOc2ccccc21)Nc1ccc2c(c1)OCO2. The molecule has 118 valence electrons. The molecule has 0 bridgehead atoms. The largest absolute Gasteiger partial charge is 0.493 e. The zero-order valence-electron chi connectivity index (χ0n) is 12.6. The van der Waals surface area contributed by atoms with Gasteiger partial charge in [0.2, 0.25) is 12.7 Å². The molecule has 4 rings (SSSR count). The van der Waals surface area contributed by atoms with Gasteiger partial charge >= 0.3 is 0 Å². The van der Waals surface area contributed by atoms with Crippen molar-refractivity contribution in [1.82, 2.24) is 0 Å². The van der Waals surface area contributed by atoms with E-state index in [9.17, 15) is 4.79 Å². The molecule has 1 atom stereocenters. The van der Waals surface area contributed by atoms with Crippen LogP contribution in [0.25, 0.3) is 0 Å². The third-order valence-electron chi connectivity index (χ3n) is 4.17. The van der Waals surface area contributed by atoms with Crippen LogP contribution in [-0.4, -0.2) is 19.3 Å². The van der Waals surface area contributed by atoms with Gasteiger partial charge in [-0.3, -0.25) is 4.79 Å². The molecule has 2 aromatic carbocycles. The van der Waals surface area contributed by atoms with E-state index < -0.39 is 0 Å². The Kier molecular flexibility index (Phi) is 3.54. The van der Waals surface area contributed by atoms with Crippen LogP contribution in [0.5, 0.6) is 17.2 Å². The number of nitrogens with one attached hydrogen (secondary N) is 1. The van der Waals surface area contributed by atoms with Gasteiger partial charge in [-0.25, -0.2) is 0 Å². The van der Waals surface area contributed by atoms with Crippen molar-refractivity contribution in [3.05, 3.63) is 48.0 Å². The van der Waals surface area contributed by atoms with Gasteiger partial charge in [0.25, 0.3) is 0 Å². The highest BCUT2D eigenvalue weighted by molar-refractivity contribution is 5.91. The van der Waals surface area contributed by atoms with Crippen molar-refractivity contribution in [3.63, 3.8) is 0 Å². The first-order valence-electron chi connectivity index (χ1n) is 7.71. The first kappa shape index (κ1) is 13.9. The summed E-state index contributed by atoms with van der Waals surface area (Å²) in [5.41, 5.74) is 1.83. The Hall–Kier alpha value is -2.69. The molecule has 0 spiro atoms. The lowest BCUT2D eigenvalue weighted by atomic mass is 9.90. The van der Waals surface area contributed by atoms with Crippen LogP contribution in [0.15, 0.2) is 42.5 Å². The van der Waals surface area contributed by atoms with Gasteiger partial charge < -0.3 is 19.5 Å². The van der Waals surface area contributed by atoms with E-state index >= 15 is 0 Å². The quantitative estimate of drug-likeness (QED) is 0.945. The number of hydrogen-bond donors (Lipinski definition) is 1. The fourth-order valence-corrected chi connectivity index (χ4v) is 3.04. The topological polar surface area (TPSA) is 56.8 Å². The fourth-order valence-electron chi connectivity index (χ4n) is 3.04. The van der Waals surface area contributed by atoms with Crippen LogP contribution >= 0.6 is 0 Å². The van der Waals surface area contributed by atoms with Gasteiger partial charge in [0, 0.05) is 18.2 Å². The normalized spacial score (nSPS) is 18.0. The first-order chi connectivity index (χ1) is 11.3. The summed E-state index contributed by atoms with van der Waals surface area (Å²) in [5.74, 6) is 2.44. The van der Waals surface area contributed by atoms with Crippen LogP contribution in [-0.2, 0) is 4.79 Å². The van der Waals surface area contributed by atoms with E-state index in [2.05, 4.69) is 5.32 Å². The second kappa shape index (κ2) is 5.83. The molecule has 5 heteroatoms. The van der Waals surface area contributed by atoms with Crippen LogP contribution in [0.4, 0.5) is 5.69 Å². The Labute approximate surface area is 134 Å². The van der Waals surface area contributed by atoms with Crippen molar-refractivity contribution in [3.8, 4) is 17.2 Å². The Bertz CT molecular complexity index is 744. The minimum atomic E-state index is -0.00873. The monoisotopic (exact) mass is 311 g/mol. The van der Waals surface area contributed by atoms with Gasteiger partial charge in [-0.2, -0.15) is 0 Å². The molecule has 0 radical (unpaired) electrons. The Morgan fingerprint density at radius 3 is 2.87 bits per heavy atom. The molecule has 0 saturated carbocycles. The summed E-state index contributed by atoms with van der Waals surface area (Å²) in [4.78, 5) is 12.4. The van der Waals surface area contributed by atoms with Crippen LogP contribution in [0.2, 0.25) is 0 Å². The average Bonchev–Trinajstić information content (AvgIpc) is 3.03. The molecule has 2 aliphatic heterocycles. The molecule has 1 N–H and O–H groups in total. The van der Waals surface area contributed by atoms with Crippen LogP contribution in [0, 0.1) is 0 Å². The maximum absolute atomic E-state index is 12.4. The minimum Gasteiger partial charge on any atom is -0.493 e. The fraction of sp³-hybridized carbons (Fsp3) is 0.278. The number of anilines is 1. The lowest BCUT2D eigenvalue weighted by Gasteiger charge is -2.25. The van der Waals surface area contributed by atoms with Gasteiger partial charge in [-0.05, 0) is 36.1 Å². The molecule has 1 amide bonds. The molecule has 0 fully saturated rings. The summed E-state index contributed by atoms with van der Waals surface area (Å²) in [6.07, 6.45) is 1.29. The van der Waals surface area contributed by atoms with E-state index in [1.807, 2.05) is 36.4 Å². The van der Waals surface area contributed by atoms with Gasteiger partial charge in [0.05, 0.1) is 6.61 Å². The van der Waals surface area contributed by atoms with Crippen LogP contribution < -0.4 is 19.5 Å². The second-order valence-electron chi connectivity index (χ2n) is 5.69. The standard InChI is InChI=1S/C18H17NO4/c20-18(19-13-5-6-16-17(10-13)23-11-22-16)9-12-7-8-21-15-4-2-1-3-14(12)15/h1-6,10,12H,7-9,11H2,(H,19,20). The third-order valence-corrected chi connectivity index (χ3v) is 4.17. The highest BCUT2D eigenvalue weighted by Crippen LogP contribution is 2.36. The lowest BCUT2D eigenvalue weighted by molar-refractivity contribution is -0.116. The summed E-state index contributed by atoms with van der Waals surface area (Å²) < 4.78 is 16.2. The van der Waals surface area contributed by atoms with E-state index in [4.69, 9.17) is 14.2 Å². The van der Waals surface area contributed by atoms with E-state index in [1.54, 1.807) is 6.07 Å². The van der Waals surface area contributed by atoms with Crippen LogP contribution in [0.1, 0.15) is 24.3 Å². The predicted molar refractivity (Wildman–Crippen MR) is 85.1 cm³/mol. The number of fused-ring (bicyclic) bond motifs is 2. The molecule has 2 aromatic rings. The number of para-hydroxylation sites is 1. The molecule has 0 aliphatic carbocycles. The maximum atomic E-state index is 12.4. The lowest BCUT2D eigenvalue weighted by Crippen LogP contribution is -2.20. The minimum absolute atomic E-state index is 0.00873. The second-order valence-corrected chi connectivity index (χ2v) is 5.69. The third kappa shape index (κ3) is 2.82. The van der Waals surface area contributed by atoms with E-state index in [1.165, 1.54) is 0 Å². The number of benzene rings is 2. The molecule has 1 unspecified atom stereocenters. The molecule has 2 aliphatic rings. The number of ether oxygens (including phenoxy) is 3. The van der Waals surface area contributed by atoms with Gasteiger partial charge in [-0.15, -0.1) is 0 Å². The Balaban J connectivity index is 1.45. The molecule has 0 saturated heterocycles. The number of hydrogen-bond acceptors (Lipinski definition) is 4. The van der Waals surface area contributed by atoms with Crippen molar-refractivity contribution < 1.29 is 19.0 Å². The summed E-state index contributed by atoms with van der Waals surface area (Å²) in [6, 6.07) is 13.3. The van der Waals surface area contributed by atoms with Crippen molar-refractivity contribution in [2.45, 2.75) is 18.8 Å². The maximum Gasteiger partial charge on any atom is 0.231 e. The Morgan fingerprint density at radius 2 is 1.91 bits per heavy atom. The smallest absolute Gasteiger partial charge is 0.231 e. The van der Waals surface area contributed by atoms with Crippen LogP contribution in [0.3, 0.4) is 0 Å². The molecule has 23 heavy (non-hydrogen) atoms.